The highest BCUT2D eigenvalue weighted by Crippen LogP contribution is 2.20. The molecule has 0 aliphatic rings. The predicted molar refractivity (Wildman–Crippen MR) is 57.3 cm³/mol. The first kappa shape index (κ1) is 9.67. The third-order valence-corrected chi connectivity index (χ3v) is 2.86. The summed E-state index contributed by atoms with van der Waals surface area (Å²) in [5, 5.41) is 10.6. The molecular formula is C10H7NO3S. The molecule has 2 heterocycles. The van der Waals surface area contributed by atoms with Crippen LogP contribution < -0.4 is 5.43 Å². The van der Waals surface area contributed by atoms with E-state index in [9.17, 15) is 9.59 Å². The summed E-state index contributed by atoms with van der Waals surface area (Å²) in [5.74, 6) is -1.21. The van der Waals surface area contributed by atoms with Crippen LogP contribution in [-0.4, -0.2) is 16.1 Å². The van der Waals surface area contributed by atoms with Gasteiger partial charge in [-0.25, -0.2) is 4.79 Å². The van der Waals surface area contributed by atoms with Crippen LogP contribution in [0.1, 0.15) is 10.4 Å². The number of nitrogens with one attached hydrogen (secondary N) is 1. The summed E-state index contributed by atoms with van der Waals surface area (Å²) >= 11 is 1.40. The van der Waals surface area contributed by atoms with Gasteiger partial charge in [0, 0.05) is 17.3 Å². The van der Waals surface area contributed by atoms with Crippen molar-refractivity contribution in [3.05, 3.63) is 45.7 Å². The monoisotopic (exact) mass is 221 g/mol. The van der Waals surface area contributed by atoms with Crippen molar-refractivity contribution < 1.29 is 9.90 Å². The molecule has 0 atom stereocenters. The van der Waals surface area contributed by atoms with Crippen LogP contribution in [0.2, 0.25) is 0 Å². The zero-order chi connectivity index (χ0) is 10.8. The van der Waals surface area contributed by atoms with E-state index in [2.05, 4.69) is 4.98 Å². The van der Waals surface area contributed by atoms with Gasteiger partial charge in [0.15, 0.2) is 0 Å². The van der Waals surface area contributed by atoms with Crippen molar-refractivity contribution in [1.82, 2.24) is 4.98 Å². The van der Waals surface area contributed by atoms with Gasteiger partial charge in [0.05, 0.1) is 5.56 Å². The Hall–Kier alpha value is -1.88. The Morgan fingerprint density at radius 2 is 2.20 bits per heavy atom. The Bertz CT molecular complexity index is 542. The first-order valence-corrected chi connectivity index (χ1v) is 5.06. The lowest BCUT2D eigenvalue weighted by molar-refractivity contribution is 0.0695. The fourth-order valence-electron chi connectivity index (χ4n) is 1.26. The van der Waals surface area contributed by atoms with Gasteiger partial charge in [0.2, 0.25) is 5.43 Å². The normalized spacial score (nSPS) is 10.1. The number of hydrogen-bond donors (Lipinski definition) is 2. The van der Waals surface area contributed by atoms with Crippen molar-refractivity contribution in [2.24, 2.45) is 0 Å². The number of rotatable bonds is 2. The van der Waals surface area contributed by atoms with E-state index in [0.29, 0.717) is 5.56 Å². The molecule has 0 aliphatic heterocycles. The number of aromatic carboxylic acids is 1. The molecule has 0 radical (unpaired) electrons. The fourth-order valence-corrected chi connectivity index (χ4v) is 2.00. The molecule has 2 aromatic heterocycles. The van der Waals surface area contributed by atoms with Crippen molar-refractivity contribution in [2.45, 2.75) is 0 Å². The maximum atomic E-state index is 11.7. The predicted octanol–water partition coefficient (Wildman–Crippen LogP) is 1.80. The molecule has 15 heavy (non-hydrogen) atoms. The second-order valence-corrected chi connectivity index (χ2v) is 3.84. The number of aromatic amines is 1. The molecule has 76 valence electrons. The smallest absolute Gasteiger partial charge is 0.341 e. The molecule has 0 saturated heterocycles. The van der Waals surface area contributed by atoms with Crippen LogP contribution in [0.25, 0.3) is 10.4 Å². The summed E-state index contributed by atoms with van der Waals surface area (Å²) in [7, 11) is 0. The topological polar surface area (TPSA) is 70.2 Å². The number of H-pyrrole nitrogens is 1. The second-order valence-electron chi connectivity index (χ2n) is 2.89. The van der Waals surface area contributed by atoms with Crippen molar-refractivity contribution >= 4 is 17.3 Å². The van der Waals surface area contributed by atoms with E-state index in [1.165, 1.54) is 23.7 Å². The van der Waals surface area contributed by atoms with E-state index in [1.54, 1.807) is 6.07 Å². The zero-order valence-electron chi connectivity index (χ0n) is 7.56. The lowest BCUT2D eigenvalue weighted by Crippen LogP contribution is -2.16. The quantitative estimate of drug-likeness (QED) is 0.812. The number of pyridine rings is 1. The lowest BCUT2D eigenvalue weighted by Gasteiger charge is -1.98. The molecule has 0 spiro atoms. The first-order valence-electron chi connectivity index (χ1n) is 4.18. The fraction of sp³-hybridized carbons (Fsp3) is 0. The SMILES string of the molecule is O=C(O)c1c[nH]cc(-c2cccs2)c1=O. The third kappa shape index (κ3) is 1.69. The zero-order valence-corrected chi connectivity index (χ0v) is 8.38. The van der Waals surface area contributed by atoms with E-state index in [-0.39, 0.29) is 5.56 Å². The van der Waals surface area contributed by atoms with E-state index in [4.69, 9.17) is 5.11 Å². The molecule has 0 saturated carbocycles. The van der Waals surface area contributed by atoms with E-state index in [0.717, 1.165) is 4.88 Å². The van der Waals surface area contributed by atoms with Gasteiger partial charge in [-0.2, -0.15) is 0 Å². The summed E-state index contributed by atoms with van der Waals surface area (Å²) < 4.78 is 0. The highest BCUT2D eigenvalue weighted by Gasteiger charge is 2.12. The summed E-state index contributed by atoms with van der Waals surface area (Å²) in [5.41, 5.74) is -0.297. The van der Waals surface area contributed by atoms with E-state index in [1.807, 2.05) is 11.4 Å². The second kappa shape index (κ2) is 3.70. The highest BCUT2D eigenvalue weighted by atomic mass is 32.1. The molecule has 5 heteroatoms. The van der Waals surface area contributed by atoms with Crippen molar-refractivity contribution in [3.8, 4) is 10.4 Å². The number of carbonyl (C=O) groups is 1. The van der Waals surface area contributed by atoms with Gasteiger partial charge in [-0.05, 0) is 11.4 Å². The Balaban J connectivity index is 2.65. The van der Waals surface area contributed by atoms with Gasteiger partial charge < -0.3 is 10.1 Å². The molecule has 0 fully saturated rings. The number of hydrogen-bond acceptors (Lipinski definition) is 3. The van der Waals surface area contributed by atoms with Gasteiger partial charge in [-0.3, -0.25) is 4.79 Å². The maximum absolute atomic E-state index is 11.7. The number of aromatic nitrogens is 1. The average Bonchev–Trinajstić information content (AvgIpc) is 2.70. The molecule has 2 rings (SSSR count). The molecule has 0 bridgehead atoms. The molecular weight excluding hydrogens is 214 g/mol. The summed E-state index contributed by atoms with van der Waals surface area (Å²) in [6.07, 6.45) is 2.71. The number of thiophene rings is 1. The summed E-state index contributed by atoms with van der Waals surface area (Å²) in [6, 6.07) is 3.59. The van der Waals surface area contributed by atoms with E-state index < -0.39 is 11.4 Å². The maximum Gasteiger partial charge on any atom is 0.341 e. The van der Waals surface area contributed by atoms with Crippen LogP contribution in [-0.2, 0) is 0 Å². The highest BCUT2D eigenvalue weighted by molar-refractivity contribution is 7.13. The van der Waals surface area contributed by atoms with Crippen LogP contribution >= 0.6 is 11.3 Å². The lowest BCUT2D eigenvalue weighted by atomic mass is 10.1. The van der Waals surface area contributed by atoms with E-state index >= 15 is 0 Å². The van der Waals surface area contributed by atoms with Gasteiger partial charge in [-0.15, -0.1) is 11.3 Å². The van der Waals surface area contributed by atoms with Crippen LogP contribution in [0.3, 0.4) is 0 Å². The Morgan fingerprint density at radius 1 is 1.40 bits per heavy atom. The molecule has 0 aliphatic carbocycles. The molecule has 0 unspecified atom stereocenters. The molecule has 4 nitrogen and oxygen atoms in total. The largest absolute Gasteiger partial charge is 0.477 e. The Morgan fingerprint density at radius 3 is 2.80 bits per heavy atom. The minimum absolute atomic E-state index is 0.235. The van der Waals surface area contributed by atoms with Gasteiger partial charge in [-0.1, -0.05) is 6.07 Å². The minimum atomic E-state index is -1.21. The van der Waals surface area contributed by atoms with Gasteiger partial charge in [0.1, 0.15) is 5.56 Å². The van der Waals surface area contributed by atoms with Crippen molar-refractivity contribution in [1.29, 1.82) is 0 Å². The average molecular weight is 221 g/mol. The third-order valence-electron chi connectivity index (χ3n) is 1.96. The molecule has 2 N–H and O–H groups in total. The van der Waals surface area contributed by atoms with Gasteiger partial charge in [0.25, 0.3) is 0 Å². The van der Waals surface area contributed by atoms with Crippen LogP contribution in [0, 0.1) is 0 Å². The van der Waals surface area contributed by atoms with Crippen molar-refractivity contribution in [2.75, 3.05) is 0 Å². The minimum Gasteiger partial charge on any atom is -0.477 e. The van der Waals surface area contributed by atoms with Crippen molar-refractivity contribution in [3.63, 3.8) is 0 Å². The molecule has 0 aromatic carbocycles. The summed E-state index contributed by atoms with van der Waals surface area (Å²) in [4.78, 5) is 25.9. The van der Waals surface area contributed by atoms with Crippen LogP contribution in [0.4, 0.5) is 0 Å². The number of carboxylic acids is 1. The standard InChI is InChI=1S/C10H7NO3S/c12-9-6(8-2-1-3-15-8)4-11-5-7(9)10(13)14/h1-5H,(H,11,12)(H,13,14). The number of carboxylic acid groups (broad SMARTS) is 1. The summed E-state index contributed by atoms with van der Waals surface area (Å²) in [6.45, 7) is 0. The molecule has 0 amide bonds. The Labute approximate surface area is 88.8 Å². The van der Waals surface area contributed by atoms with Gasteiger partial charge >= 0.3 is 5.97 Å². The first-order chi connectivity index (χ1) is 7.20. The Kier molecular flexibility index (Phi) is 2.39. The van der Waals surface area contributed by atoms with Crippen LogP contribution in [0.5, 0.6) is 0 Å². The molecule has 2 aromatic rings. The van der Waals surface area contributed by atoms with Crippen LogP contribution in [0.15, 0.2) is 34.7 Å².